The highest BCUT2D eigenvalue weighted by molar-refractivity contribution is 6.12. The third-order valence-corrected chi connectivity index (χ3v) is 13.6. The van der Waals surface area contributed by atoms with Crippen LogP contribution in [0.1, 0.15) is 17.9 Å². The van der Waals surface area contributed by atoms with E-state index < -0.39 is 0 Å². The van der Waals surface area contributed by atoms with Crippen LogP contribution in [-0.2, 0) is 0 Å². The highest BCUT2D eigenvalue weighted by Crippen LogP contribution is 2.41. The van der Waals surface area contributed by atoms with Gasteiger partial charge in [-0.15, -0.1) is 0 Å². The number of benzene rings is 9. The van der Waals surface area contributed by atoms with Crippen LogP contribution in [0.15, 0.2) is 221 Å². The monoisotopic (exact) mass is 818 g/mol. The summed E-state index contributed by atoms with van der Waals surface area (Å²) in [5.74, 6) is 0.232. The van der Waals surface area contributed by atoms with Crippen molar-refractivity contribution in [3.8, 4) is 27.9 Å². The van der Waals surface area contributed by atoms with Crippen LogP contribution in [0.2, 0.25) is 0 Å². The van der Waals surface area contributed by atoms with Crippen molar-refractivity contribution in [1.29, 1.82) is 0 Å². The van der Waals surface area contributed by atoms with E-state index in [0.717, 1.165) is 78.2 Å². The van der Waals surface area contributed by atoms with Gasteiger partial charge < -0.3 is 18.0 Å². The topological polar surface area (TPSA) is 36.1 Å². The first-order chi connectivity index (χ1) is 31.7. The summed E-state index contributed by atoms with van der Waals surface area (Å²) < 4.78 is 17.7. The Bertz CT molecular complexity index is 4020. The standard InChI is InChI=1S/C60H38N2O2/c1-5-19-53-45(15-1)46-16-2-6-20-54(46)61(53)43-13-9-11-37(31-43)39-23-27-57-49(33-39)51-35-41(25-29-59(51)63-57)42-26-30-60-52(36-42)50-34-40(24-28-58(50)64-60)38-12-10-14-44(32-38)62-55-21-7-3-17-47(55)48-18-4-8-22-56(48)62/h1-11,13-36,38H,12H2. The molecular formula is C60H38N2O2. The SMILES string of the molecule is C1=CC(n2c3ccccc3c3ccccc32)=CC(c2ccc3oc4ccc(-c5ccc6oc7ccc(-c8cccc(-n9c%10ccccc%10c%10ccccc%109)c8)cc7c6c5)cc4c3c2)C1. The van der Waals surface area contributed by atoms with Gasteiger partial charge in [-0.2, -0.15) is 0 Å². The van der Waals surface area contributed by atoms with Crippen LogP contribution in [0.5, 0.6) is 0 Å². The van der Waals surface area contributed by atoms with Crippen LogP contribution in [0, 0.1) is 0 Å². The average Bonchev–Trinajstić information content (AvgIpc) is 4.11. The van der Waals surface area contributed by atoms with Gasteiger partial charge in [-0.1, -0.05) is 121 Å². The third kappa shape index (κ3) is 5.29. The minimum atomic E-state index is 0.232. The Kier molecular flexibility index (Phi) is 7.48. The molecule has 1 aliphatic rings. The second-order valence-corrected chi connectivity index (χ2v) is 17.2. The number of para-hydroxylation sites is 4. The Labute approximate surface area is 367 Å². The number of furan rings is 2. The fraction of sp³-hybridized carbons (Fsp3) is 0.0333. The lowest BCUT2D eigenvalue weighted by Crippen LogP contribution is -2.03. The number of fused-ring (bicyclic) bond motifs is 12. The largest absolute Gasteiger partial charge is 0.456 e. The minimum Gasteiger partial charge on any atom is -0.456 e. The van der Waals surface area contributed by atoms with Crippen molar-refractivity contribution in [2.75, 3.05) is 0 Å². The van der Waals surface area contributed by atoms with Crippen LogP contribution < -0.4 is 0 Å². The maximum absolute atomic E-state index is 6.46. The number of hydrogen-bond donors (Lipinski definition) is 0. The molecule has 4 aromatic heterocycles. The van der Waals surface area contributed by atoms with E-state index in [4.69, 9.17) is 8.83 Å². The van der Waals surface area contributed by atoms with Crippen molar-refractivity contribution in [1.82, 2.24) is 9.13 Å². The summed E-state index contributed by atoms with van der Waals surface area (Å²) >= 11 is 0. The van der Waals surface area contributed by atoms with Crippen LogP contribution in [0.25, 0.3) is 121 Å². The van der Waals surface area contributed by atoms with E-state index >= 15 is 0 Å². The lowest BCUT2D eigenvalue weighted by atomic mass is 9.90. The van der Waals surface area contributed by atoms with Crippen molar-refractivity contribution < 1.29 is 8.83 Å². The van der Waals surface area contributed by atoms with E-state index in [-0.39, 0.29) is 5.92 Å². The van der Waals surface area contributed by atoms with Crippen LogP contribution in [-0.4, -0.2) is 9.13 Å². The fourth-order valence-corrected chi connectivity index (χ4v) is 10.6. The second-order valence-electron chi connectivity index (χ2n) is 17.2. The molecule has 13 aromatic rings. The summed E-state index contributed by atoms with van der Waals surface area (Å²) in [5, 5.41) is 9.53. The predicted molar refractivity (Wildman–Crippen MR) is 266 cm³/mol. The van der Waals surface area contributed by atoms with E-state index in [1.54, 1.807) is 0 Å². The van der Waals surface area contributed by atoms with Crippen LogP contribution >= 0.6 is 0 Å². The number of allylic oxidation sites excluding steroid dienone is 4. The number of aromatic nitrogens is 2. The number of nitrogens with zero attached hydrogens (tertiary/aromatic N) is 2. The molecule has 0 N–H and O–H groups in total. The Balaban J connectivity index is 0.830. The second kappa shape index (κ2) is 13.6. The molecule has 0 fully saturated rings. The van der Waals surface area contributed by atoms with Crippen molar-refractivity contribution >= 4 is 93.2 Å². The molecule has 1 aliphatic carbocycles. The zero-order valence-corrected chi connectivity index (χ0v) is 34.7. The van der Waals surface area contributed by atoms with Gasteiger partial charge in [-0.05, 0) is 125 Å². The molecule has 0 bridgehead atoms. The van der Waals surface area contributed by atoms with Gasteiger partial charge in [0.05, 0.1) is 22.1 Å². The quantitative estimate of drug-likeness (QED) is 0.173. The zero-order valence-electron chi connectivity index (χ0n) is 34.7. The Morgan fingerprint density at radius 1 is 0.359 bits per heavy atom. The summed E-state index contributed by atoms with van der Waals surface area (Å²) in [6.45, 7) is 0. The molecule has 4 nitrogen and oxygen atoms in total. The average molecular weight is 819 g/mol. The van der Waals surface area contributed by atoms with Gasteiger partial charge in [0.15, 0.2) is 0 Å². The van der Waals surface area contributed by atoms with E-state index in [2.05, 4.69) is 221 Å². The van der Waals surface area contributed by atoms with Crippen molar-refractivity contribution in [2.45, 2.75) is 12.3 Å². The smallest absolute Gasteiger partial charge is 0.135 e. The summed E-state index contributed by atoms with van der Waals surface area (Å²) in [6, 6.07) is 70.1. The molecule has 14 rings (SSSR count). The molecule has 0 saturated carbocycles. The molecule has 64 heavy (non-hydrogen) atoms. The lowest BCUT2D eigenvalue weighted by Gasteiger charge is -2.19. The van der Waals surface area contributed by atoms with Gasteiger partial charge in [0.2, 0.25) is 0 Å². The maximum Gasteiger partial charge on any atom is 0.135 e. The summed E-state index contributed by atoms with van der Waals surface area (Å²) in [7, 11) is 0. The first kappa shape index (κ1) is 35.3. The zero-order chi connectivity index (χ0) is 41.9. The third-order valence-electron chi connectivity index (χ3n) is 13.6. The van der Waals surface area contributed by atoms with E-state index in [0.29, 0.717) is 0 Å². The van der Waals surface area contributed by atoms with Crippen LogP contribution in [0.3, 0.4) is 0 Å². The van der Waals surface area contributed by atoms with Gasteiger partial charge in [0.1, 0.15) is 22.3 Å². The van der Waals surface area contributed by atoms with E-state index in [1.807, 2.05) is 0 Å². The van der Waals surface area contributed by atoms with Gasteiger partial charge in [-0.25, -0.2) is 0 Å². The molecule has 1 unspecified atom stereocenters. The number of hydrogen-bond acceptors (Lipinski definition) is 2. The normalized spacial score (nSPS) is 14.4. The highest BCUT2D eigenvalue weighted by Gasteiger charge is 2.20. The Morgan fingerprint density at radius 3 is 1.31 bits per heavy atom. The molecule has 0 radical (unpaired) electrons. The van der Waals surface area contributed by atoms with Gasteiger partial charge >= 0.3 is 0 Å². The van der Waals surface area contributed by atoms with E-state index in [9.17, 15) is 0 Å². The molecule has 9 aromatic carbocycles. The fourth-order valence-electron chi connectivity index (χ4n) is 10.6. The van der Waals surface area contributed by atoms with Crippen molar-refractivity contribution in [3.05, 3.63) is 218 Å². The number of rotatable bonds is 5. The maximum atomic E-state index is 6.46. The molecule has 0 amide bonds. The molecule has 0 saturated heterocycles. The van der Waals surface area contributed by atoms with Crippen molar-refractivity contribution in [2.24, 2.45) is 0 Å². The minimum absolute atomic E-state index is 0.232. The summed E-state index contributed by atoms with van der Waals surface area (Å²) in [5.41, 5.74) is 16.6. The Morgan fingerprint density at radius 2 is 0.797 bits per heavy atom. The molecular weight excluding hydrogens is 781 g/mol. The van der Waals surface area contributed by atoms with Crippen molar-refractivity contribution in [3.63, 3.8) is 0 Å². The molecule has 4 heterocycles. The summed E-state index contributed by atoms with van der Waals surface area (Å²) in [6.07, 6.45) is 7.98. The highest BCUT2D eigenvalue weighted by atomic mass is 16.3. The lowest BCUT2D eigenvalue weighted by molar-refractivity contribution is 0.668. The van der Waals surface area contributed by atoms with Gasteiger partial charge in [0.25, 0.3) is 0 Å². The molecule has 1 atom stereocenters. The summed E-state index contributed by atoms with van der Waals surface area (Å²) in [4.78, 5) is 0. The molecule has 300 valence electrons. The first-order valence-corrected chi connectivity index (χ1v) is 22.1. The van der Waals surface area contributed by atoms with Gasteiger partial charge in [0, 0.05) is 60.4 Å². The predicted octanol–water partition coefficient (Wildman–Crippen LogP) is 16.6. The van der Waals surface area contributed by atoms with Crippen LogP contribution in [0.4, 0.5) is 0 Å². The molecule has 0 aliphatic heterocycles. The van der Waals surface area contributed by atoms with Gasteiger partial charge in [-0.3, -0.25) is 0 Å². The van der Waals surface area contributed by atoms with E-state index in [1.165, 1.54) is 54.9 Å². The first-order valence-electron chi connectivity index (χ1n) is 22.1. The Hall–Kier alpha value is -8.34. The molecule has 0 spiro atoms. The molecule has 4 heteroatoms.